The van der Waals surface area contributed by atoms with Crippen LogP contribution in [-0.4, -0.2) is 42.1 Å². The summed E-state index contributed by atoms with van der Waals surface area (Å²) in [6.45, 7) is 4.70. The summed E-state index contributed by atoms with van der Waals surface area (Å²) in [5, 5.41) is 6.03. The van der Waals surface area contributed by atoms with Gasteiger partial charge in [0.25, 0.3) is 0 Å². The lowest BCUT2D eigenvalue weighted by atomic mass is 10.1. The molecule has 1 heterocycles. The minimum absolute atomic E-state index is 0.0522. The van der Waals surface area contributed by atoms with Crippen molar-refractivity contribution in [2.24, 2.45) is 0 Å². The monoisotopic (exact) mass is 321 g/mol. The lowest BCUT2D eigenvalue weighted by molar-refractivity contribution is 0.237. The Morgan fingerprint density at radius 3 is 2.95 bits per heavy atom. The molecule has 2 rings (SSSR count). The summed E-state index contributed by atoms with van der Waals surface area (Å²) in [5.74, 6) is 2.26. The minimum Gasteiger partial charge on any atom is -0.335 e. The molecule has 0 spiro atoms. The lowest BCUT2D eigenvalue weighted by Crippen LogP contribution is -2.44. The van der Waals surface area contributed by atoms with E-state index in [-0.39, 0.29) is 6.03 Å². The summed E-state index contributed by atoms with van der Waals surface area (Å²) in [6.07, 6.45) is 2.29. The molecule has 0 bridgehead atoms. The van der Waals surface area contributed by atoms with Gasteiger partial charge in [-0.25, -0.2) is 4.79 Å². The Kier molecular flexibility index (Phi) is 7.06. The molecule has 1 saturated heterocycles. The van der Waals surface area contributed by atoms with E-state index in [1.54, 1.807) is 0 Å². The van der Waals surface area contributed by atoms with E-state index in [1.165, 1.54) is 17.7 Å². The smallest absolute Gasteiger partial charge is 0.315 e. The van der Waals surface area contributed by atoms with Gasteiger partial charge in [0.05, 0.1) is 0 Å². The van der Waals surface area contributed by atoms with Gasteiger partial charge in [0.15, 0.2) is 0 Å². The maximum absolute atomic E-state index is 12.0. The second-order valence-electron chi connectivity index (χ2n) is 5.89. The van der Waals surface area contributed by atoms with Crippen LogP contribution >= 0.6 is 11.8 Å². The first-order valence-corrected chi connectivity index (χ1v) is 9.21. The van der Waals surface area contributed by atoms with Crippen LogP contribution in [0.1, 0.15) is 30.9 Å². The first-order chi connectivity index (χ1) is 10.7. The fraction of sp³-hybridized carbons (Fsp3) is 0.588. The molecule has 1 aromatic rings. The third-order valence-electron chi connectivity index (χ3n) is 3.93. The van der Waals surface area contributed by atoms with E-state index in [0.717, 1.165) is 30.8 Å². The second-order valence-corrected chi connectivity index (χ2v) is 7.04. The third kappa shape index (κ3) is 5.89. The van der Waals surface area contributed by atoms with E-state index in [0.29, 0.717) is 12.6 Å². The lowest BCUT2D eigenvalue weighted by Gasteiger charge is -2.22. The summed E-state index contributed by atoms with van der Waals surface area (Å²) in [6, 6.07) is 8.70. The summed E-state index contributed by atoms with van der Waals surface area (Å²) in [4.78, 5) is 14.2. The van der Waals surface area contributed by atoms with Crippen LogP contribution in [-0.2, 0) is 13.1 Å². The van der Waals surface area contributed by atoms with Crippen LogP contribution in [0.5, 0.6) is 0 Å². The number of carbonyl (C=O) groups excluding carboxylic acids is 1. The molecule has 4 nitrogen and oxygen atoms in total. The van der Waals surface area contributed by atoms with Crippen LogP contribution in [0.4, 0.5) is 4.79 Å². The molecule has 1 aliphatic heterocycles. The third-order valence-corrected chi connectivity index (χ3v) is 5.15. The van der Waals surface area contributed by atoms with Crippen molar-refractivity contribution < 1.29 is 4.79 Å². The van der Waals surface area contributed by atoms with Gasteiger partial charge in [-0.3, -0.25) is 0 Å². The van der Waals surface area contributed by atoms with Gasteiger partial charge in [-0.15, -0.1) is 0 Å². The van der Waals surface area contributed by atoms with Crippen LogP contribution < -0.4 is 10.6 Å². The summed E-state index contributed by atoms with van der Waals surface area (Å²) in [5.41, 5.74) is 2.43. The highest BCUT2D eigenvalue weighted by atomic mass is 32.2. The van der Waals surface area contributed by atoms with E-state index < -0.39 is 0 Å². The highest BCUT2D eigenvalue weighted by Gasteiger charge is 2.15. The maximum atomic E-state index is 12.0. The molecule has 1 aliphatic rings. The summed E-state index contributed by atoms with van der Waals surface area (Å²) >= 11 is 1.92. The molecule has 22 heavy (non-hydrogen) atoms. The van der Waals surface area contributed by atoms with Gasteiger partial charge in [0, 0.05) is 24.9 Å². The molecule has 5 heteroatoms. The van der Waals surface area contributed by atoms with Crippen molar-refractivity contribution in [1.82, 2.24) is 15.5 Å². The van der Waals surface area contributed by atoms with E-state index in [2.05, 4.69) is 53.8 Å². The zero-order valence-corrected chi connectivity index (χ0v) is 14.4. The number of amides is 2. The molecular formula is C17H27N3OS. The number of hydrogen-bond acceptors (Lipinski definition) is 3. The molecule has 0 unspecified atom stereocenters. The minimum atomic E-state index is -0.0522. The van der Waals surface area contributed by atoms with Crippen LogP contribution in [0.15, 0.2) is 24.3 Å². The molecule has 2 amide bonds. The molecule has 2 N–H and O–H groups in total. The predicted octanol–water partition coefficient (Wildman–Crippen LogP) is 2.83. The van der Waals surface area contributed by atoms with Crippen molar-refractivity contribution in [3.05, 3.63) is 35.4 Å². The number of urea groups is 1. The fourth-order valence-corrected chi connectivity index (χ4v) is 3.61. The van der Waals surface area contributed by atoms with E-state index >= 15 is 0 Å². The molecule has 0 radical (unpaired) electrons. The first-order valence-electron chi connectivity index (χ1n) is 8.06. The molecule has 122 valence electrons. The number of benzene rings is 1. The molecule has 0 saturated carbocycles. The quantitative estimate of drug-likeness (QED) is 0.847. The summed E-state index contributed by atoms with van der Waals surface area (Å²) < 4.78 is 0. The van der Waals surface area contributed by atoms with Gasteiger partial charge in [-0.2, -0.15) is 11.8 Å². The van der Waals surface area contributed by atoms with Crippen LogP contribution in [0.25, 0.3) is 0 Å². The molecule has 1 fully saturated rings. The molecule has 0 aliphatic carbocycles. The topological polar surface area (TPSA) is 44.4 Å². The van der Waals surface area contributed by atoms with Crippen molar-refractivity contribution in [2.75, 3.05) is 25.1 Å². The number of nitrogens with zero attached hydrogens (tertiary/aromatic N) is 1. The molecule has 0 aromatic heterocycles. The molecular weight excluding hydrogens is 294 g/mol. The Balaban J connectivity index is 1.78. The van der Waals surface area contributed by atoms with Crippen LogP contribution in [0, 0.1) is 0 Å². The predicted molar refractivity (Wildman–Crippen MR) is 94.2 cm³/mol. The van der Waals surface area contributed by atoms with Gasteiger partial charge in [0.2, 0.25) is 0 Å². The van der Waals surface area contributed by atoms with Gasteiger partial charge >= 0.3 is 6.03 Å². The average Bonchev–Trinajstić information content (AvgIpc) is 2.54. The van der Waals surface area contributed by atoms with Gasteiger partial charge in [-0.1, -0.05) is 31.2 Å². The number of nitrogens with one attached hydrogen (secondary N) is 2. The van der Waals surface area contributed by atoms with Crippen LogP contribution in [0.2, 0.25) is 0 Å². The molecule has 1 aromatic carbocycles. The second kappa shape index (κ2) is 9.06. The zero-order valence-electron chi connectivity index (χ0n) is 13.6. The van der Waals surface area contributed by atoms with Gasteiger partial charge < -0.3 is 15.5 Å². The standard InChI is InChI=1S/C17H27N3OS/c1-3-20(2)12-15-7-4-6-14(10-15)11-18-17(21)19-16-8-5-9-22-13-16/h4,6-7,10,16H,3,5,8-9,11-13H2,1-2H3,(H2,18,19,21)/t16-/m1/s1. The first kappa shape index (κ1) is 17.2. The van der Waals surface area contributed by atoms with Gasteiger partial charge in [0.1, 0.15) is 0 Å². The van der Waals surface area contributed by atoms with E-state index in [4.69, 9.17) is 0 Å². The number of thioether (sulfide) groups is 1. The van der Waals surface area contributed by atoms with Crippen molar-refractivity contribution in [1.29, 1.82) is 0 Å². The Bertz CT molecular complexity index is 475. The Morgan fingerprint density at radius 1 is 1.41 bits per heavy atom. The maximum Gasteiger partial charge on any atom is 0.315 e. The fourth-order valence-electron chi connectivity index (χ4n) is 2.53. The van der Waals surface area contributed by atoms with Crippen molar-refractivity contribution in [2.45, 2.75) is 38.9 Å². The Hall–Kier alpha value is -1.20. The zero-order chi connectivity index (χ0) is 15.8. The number of hydrogen-bond donors (Lipinski definition) is 2. The van der Waals surface area contributed by atoms with E-state index in [1.807, 2.05) is 11.8 Å². The average molecular weight is 321 g/mol. The normalized spacial score (nSPS) is 18.2. The Morgan fingerprint density at radius 2 is 2.23 bits per heavy atom. The molecule has 1 atom stereocenters. The highest BCUT2D eigenvalue weighted by Crippen LogP contribution is 2.16. The number of rotatable bonds is 6. The van der Waals surface area contributed by atoms with Crippen molar-refractivity contribution in [3.8, 4) is 0 Å². The Labute approximate surface area is 138 Å². The van der Waals surface area contributed by atoms with Crippen molar-refractivity contribution in [3.63, 3.8) is 0 Å². The van der Waals surface area contributed by atoms with Crippen molar-refractivity contribution >= 4 is 17.8 Å². The largest absolute Gasteiger partial charge is 0.335 e. The SMILES string of the molecule is CCN(C)Cc1cccc(CNC(=O)N[C@@H]2CCCSC2)c1. The van der Waals surface area contributed by atoms with Crippen LogP contribution in [0.3, 0.4) is 0 Å². The van der Waals surface area contributed by atoms with E-state index in [9.17, 15) is 4.79 Å². The van der Waals surface area contributed by atoms with Gasteiger partial charge in [-0.05, 0) is 43.3 Å². The highest BCUT2D eigenvalue weighted by molar-refractivity contribution is 7.99. The summed E-state index contributed by atoms with van der Waals surface area (Å²) in [7, 11) is 2.11. The number of carbonyl (C=O) groups is 1.